The Morgan fingerprint density at radius 3 is 2.21 bits per heavy atom. The van der Waals surface area contributed by atoms with Gasteiger partial charge in [0.2, 0.25) is 0 Å². The third-order valence-corrected chi connectivity index (χ3v) is 3.28. The Hall–Kier alpha value is -0.610. The summed E-state index contributed by atoms with van der Waals surface area (Å²) in [7, 11) is 3.73. The summed E-state index contributed by atoms with van der Waals surface area (Å²) in [5.41, 5.74) is -0.435. The van der Waals surface area contributed by atoms with Crippen LogP contribution in [0.1, 0.15) is 12.8 Å². The summed E-state index contributed by atoms with van der Waals surface area (Å²) in [6.07, 6.45) is 1.79. The fourth-order valence-electron chi connectivity index (χ4n) is 1.92. The summed E-state index contributed by atoms with van der Waals surface area (Å²) >= 11 is 0. The molecule has 4 heteroatoms. The molecular formula is C10H18N2O2. The van der Waals surface area contributed by atoms with Gasteiger partial charge in [0.1, 0.15) is 5.60 Å². The molecule has 0 aromatic rings. The molecule has 2 aliphatic rings. The molecular weight excluding hydrogens is 180 g/mol. The van der Waals surface area contributed by atoms with Gasteiger partial charge in [0.15, 0.2) is 0 Å². The summed E-state index contributed by atoms with van der Waals surface area (Å²) in [6, 6.07) is 0. The minimum absolute atomic E-state index is 0.202. The highest BCUT2D eigenvalue weighted by Crippen LogP contribution is 2.40. The van der Waals surface area contributed by atoms with Crippen molar-refractivity contribution < 1.29 is 9.53 Å². The van der Waals surface area contributed by atoms with Crippen LogP contribution in [0.4, 0.5) is 0 Å². The average molecular weight is 198 g/mol. The molecule has 1 heterocycles. The highest BCUT2D eigenvalue weighted by atomic mass is 16.5. The molecule has 0 N–H and O–H groups in total. The number of carbonyl (C=O) groups excluding carboxylic acids is 1. The first-order chi connectivity index (χ1) is 6.68. The second kappa shape index (κ2) is 3.51. The number of rotatable bonds is 2. The fraction of sp³-hybridized carbons (Fsp3) is 0.900. The number of carbonyl (C=O) groups is 1. The van der Waals surface area contributed by atoms with Gasteiger partial charge in [-0.3, -0.25) is 4.79 Å². The second-order valence-electron chi connectivity index (χ2n) is 4.29. The van der Waals surface area contributed by atoms with Gasteiger partial charge in [0, 0.05) is 33.3 Å². The smallest absolute Gasteiger partial charge is 0.254 e. The number of amides is 1. The molecule has 0 bridgehead atoms. The largest absolute Gasteiger partial charge is 0.368 e. The van der Waals surface area contributed by atoms with Gasteiger partial charge >= 0.3 is 0 Å². The lowest BCUT2D eigenvalue weighted by atomic mass is 10.2. The number of nitrogens with zero attached hydrogens (tertiary/aromatic N) is 2. The molecule has 2 fully saturated rings. The lowest BCUT2D eigenvalue weighted by Crippen LogP contribution is -2.51. The highest BCUT2D eigenvalue weighted by molar-refractivity contribution is 5.88. The van der Waals surface area contributed by atoms with E-state index in [1.54, 1.807) is 7.11 Å². The van der Waals surface area contributed by atoms with Gasteiger partial charge in [-0.15, -0.1) is 0 Å². The minimum Gasteiger partial charge on any atom is -0.368 e. The molecule has 0 aromatic carbocycles. The van der Waals surface area contributed by atoms with Gasteiger partial charge in [-0.05, 0) is 19.9 Å². The van der Waals surface area contributed by atoms with Crippen LogP contribution in [0.5, 0.6) is 0 Å². The number of likely N-dealkylation sites (N-methyl/N-ethyl adjacent to an activating group) is 1. The van der Waals surface area contributed by atoms with Crippen LogP contribution in [0.25, 0.3) is 0 Å². The minimum atomic E-state index is -0.435. The van der Waals surface area contributed by atoms with Crippen molar-refractivity contribution in [1.29, 1.82) is 0 Å². The van der Waals surface area contributed by atoms with Crippen LogP contribution >= 0.6 is 0 Å². The van der Waals surface area contributed by atoms with E-state index in [-0.39, 0.29) is 5.91 Å². The predicted octanol–water partition coefficient (Wildman–Crippen LogP) is -0.0606. The van der Waals surface area contributed by atoms with E-state index < -0.39 is 5.60 Å². The summed E-state index contributed by atoms with van der Waals surface area (Å²) in [5, 5.41) is 0. The quantitative estimate of drug-likeness (QED) is 0.623. The molecule has 80 valence electrons. The molecule has 1 amide bonds. The fourth-order valence-corrected chi connectivity index (χ4v) is 1.92. The first kappa shape index (κ1) is 9.93. The maximum absolute atomic E-state index is 12.0. The van der Waals surface area contributed by atoms with Crippen molar-refractivity contribution in [1.82, 2.24) is 9.80 Å². The van der Waals surface area contributed by atoms with Crippen LogP contribution in [-0.4, -0.2) is 61.6 Å². The second-order valence-corrected chi connectivity index (χ2v) is 4.29. The number of piperazine rings is 1. The Kier molecular flexibility index (Phi) is 2.49. The van der Waals surface area contributed by atoms with E-state index >= 15 is 0 Å². The Balaban J connectivity index is 1.92. The number of hydrogen-bond donors (Lipinski definition) is 0. The van der Waals surface area contributed by atoms with Crippen LogP contribution in [0, 0.1) is 0 Å². The van der Waals surface area contributed by atoms with Gasteiger partial charge in [0.05, 0.1) is 0 Å². The highest BCUT2D eigenvalue weighted by Gasteiger charge is 2.52. The van der Waals surface area contributed by atoms with Crippen molar-refractivity contribution in [3.63, 3.8) is 0 Å². The molecule has 0 atom stereocenters. The molecule has 1 saturated heterocycles. The average Bonchev–Trinajstić information content (AvgIpc) is 2.99. The summed E-state index contributed by atoms with van der Waals surface area (Å²) in [4.78, 5) is 16.2. The summed E-state index contributed by atoms with van der Waals surface area (Å²) < 4.78 is 5.29. The van der Waals surface area contributed by atoms with E-state index in [0.29, 0.717) is 0 Å². The third-order valence-electron chi connectivity index (χ3n) is 3.28. The Morgan fingerprint density at radius 2 is 1.79 bits per heavy atom. The van der Waals surface area contributed by atoms with E-state index in [1.807, 2.05) is 4.90 Å². The van der Waals surface area contributed by atoms with E-state index in [4.69, 9.17) is 4.74 Å². The summed E-state index contributed by atoms with van der Waals surface area (Å²) in [5.74, 6) is 0.202. The standard InChI is InChI=1S/C10H18N2O2/c1-11-5-7-12(8-6-11)9(13)10(14-2)3-4-10/h3-8H2,1-2H3. The summed E-state index contributed by atoms with van der Waals surface area (Å²) in [6.45, 7) is 3.65. The van der Waals surface area contributed by atoms with E-state index in [1.165, 1.54) is 0 Å². The molecule has 1 aliphatic heterocycles. The maximum Gasteiger partial charge on any atom is 0.254 e. The molecule has 2 rings (SSSR count). The Labute approximate surface area is 84.8 Å². The van der Waals surface area contributed by atoms with Crippen LogP contribution in [-0.2, 0) is 9.53 Å². The van der Waals surface area contributed by atoms with Crippen LogP contribution in [0.15, 0.2) is 0 Å². The number of methoxy groups -OCH3 is 1. The van der Waals surface area contributed by atoms with Crippen LogP contribution < -0.4 is 0 Å². The van der Waals surface area contributed by atoms with Crippen LogP contribution in [0.2, 0.25) is 0 Å². The monoisotopic (exact) mass is 198 g/mol. The molecule has 0 aromatic heterocycles. The zero-order valence-electron chi connectivity index (χ0n) is 8.95. The third kappa shape index (κ3) is 1.64. The lowest BCUT2D eigenvalue weighted by Gasteiger charge is -2.34. The Bertz CT molecular complexity index is 230. The van der Waals surface area contributed by atoms with Crippen LogP contribution in [0.3, 0.4) is 0 Å². The van der Waals surface area contributed by atoms with Crippen molar-refractivity contribution in [2.45, 2.75) is 18.4 Å². The maximum atomic E-state index is 12.0. The van der Waals surface area contributed by atoms with Gasteiger partial charge in [-0.1, -0.05) is 0 Å². The van der Waals surface area contributed by atoms with E-state index in [9.17, 15) is 4.79 Å². The molecule has 1 aliphatic carbocycles. The van der Waals surface area contributed by atoms with Crippen molar-refractivity contribution in [2.24, 2.45) is 0 Å². The molecule has 0 spiro atoms. The lowest BCUT2D eigenvalue weighted by molar-refractivity contribution is -0.146. The molecule has 0 radical (unpaired) electrons. The van der Waals surface area contributed by atoms with Crippen molar-refractivity contribution in [3.8, 4) is 0 Å². The zero-order chi connectivity index (χ0) is 10.2. The van der Waals surface area contributed by atoms with E-state index in [0.717, 1.165) is 39.0 Å². The topological polar surface area (TPSA) is 32.8 Å². The molecule has 14 heavy (non-hydrogen) atoms. The SMILES string of the molecule is COC1(C(=O)N2CCN(C)CC2)CC1. The van der Waals surface area contributed by atoms with Gasteiger partial charge in [-0.25, -0.2) is 0 Å². The van der Waals surface area contributed by atoms with Gasteiger partial charge in [0.25, 0.3) is 5.91 Å². The molecule has 4 nitrogen and oxygen atoms in total. The Morgan fingerprint density at radius 1 is 1.21 bits per heavy atom. The number of hydrogen-bond acceptors (Lipinski definition) is 3. The van der Waals surface area contributed by atoms with Crippen molar-refractivity contribution in [2.75, 3.05) is 40.3 Å². The predicted molar refractivity (Wildman–Crippen MR) is 53.1 cm³/mol. The van der Waals surface area contributed by atoms with Gasteiger partial charge < -0.3 is 14.5 Å². The first-order valence-electron chi connectivity index (χ1n) is 5.21. The zero-order valence-corrected chi connectivity index (χ0v) is 8.95. The molecule has 1 saturated carbocycles. The van der Waals surface area contributed by atoms with Crippen molar-refractivity contribution in [3.05, 3.63) is 0 Å². The molecule has 0 unspecified atom stereocenters. The number of ether oxygens (including phenoxy) is 1. The van der Waals surface area contributed by atoms with Gasteiger partial charge in [-0.2, -0.15) is 0 Å². The first-order valence-corrected chi connectivity index (χ1v) is 5.21. The normalized spacial score (nSPS) is 26.3. The van der Waals surface area contributed by atoms with E-state index in [2.05, 4.69) is 11.9 Å². The van der Waals surface area contributed by atoms with Crippen molar-refractivity contribution >= 4 is 5.91 Å².